The Balaban J connectivity index is 1.52. The van der Waals surface area contributed by atoms with Crippen LogP contribution in [0.1, 0.15) is 52.0 Å². The number of aryl methyl sites for hydroxylation is 1. The van der Waals surface area contributed by atoms with Crippen LogP contribution >= 0.6 is 0 Å². The molecule has 0 spiro atoms. The van der Waals surface area contributed by atoms with Crippen LogP contribution in [0, 0.1) is 0 Å². The van der Waals surface area contributed by atoms with Gasteiger partial charge in [0.05, 0.1) is 5.56 Å². The molecule has 8 heteroatoms. The van der Waals surface area contributed by atoms with Gasteiger partial charge in [0.15, 0.2) is 0 Å². The summed E-state index contributed by atoms with van der Waals surface area (Å²) in [6.45, 7) is 3.19. The van der Waals surface area contributed by atoms with E-state index < -0.39 is 35.8 Å². The fourth-order valence-electron chi connectivity index (χ4n) is 4.69. The number of ether oxygens (including phenoxy) is 1. The second kappa shape index (κ2) is 10.3. The zero-order chi connectivity index (χ0) is 26.8. The van der Waals surface area contributed by atoms with Crippen LogP contribution in [0.25, 0.3) is 0 Å². The Kier molecular flexibility index (Phi) is 7.30. The Labute approximate surface area is 213 Å². The van der Waals surface area contributed by atoms with E-state index in [1.54, 1.807) is 18.2 Å². The molecule has 1 aliphatic rings. The van der Waals surface area contributed by atoms with Gasteiger partial charge in [0.2, 0.25) is 0 Å². The molecule has 5 nitrogen and oxygen atoms in total. The van der Waals surface area contributed by atoms with Crippen LogP contribution in [0.15, 0.2) is 66.7 Å². The summed E-state index contributed by atoms with van der Waals surface area (Å²) in [6.07, 6.45) is -2.34. The number of alkyl halides is 3. The van der Waals surface area contributed by atoms with Crippen molar-refractivity contribution in [1.29, 1.82) is 0 Å². The average Bonchev–Trinajstić information content (AvgIpc) is 3.18. The van der Waals surface area contributed by atoms with Crippen LogP contribution in [-0.4, -0.2) is 34.0 Å². The lowest BCUT2D eigenvalue weighted by molar-refractivity contribution is -0.139. The lowest BCUT2D eigenvalue weighted by Gasteiger charge is -2.24. The molecular formula is C29H28F3NO4. The van der Waals surface area contributed by atoms with Crippen molar-refractivity contribution in [3.63, 3.8) is 0 Å². The number of carbonyl (C=O) groups is 2. The van der Waals surface area contributed by atoms with Crippen molar-refractivity contribution in [2.75, 3.05) is 6.54 Å². The predicted octanol–water partition coefficient (Wildman–Crippen LogP) is 5.93. The van der Waals surface area contributed by atoms with Crippen LogP contribution in [0.3, 0.4) is 0 Å². The molecule has 1 N–H and O–H groups in total. The minimum atomic E-state index is -4.54. The van der Waals surface area contributed by atoms with Gasteiger partial charge in [0.25, 0.3) is 5.91 Å². The summed E-state index contributed by atoms with van der Waals surface area (Å²) >= 11 is 0. The first kappa shape index (κ1) is 26.3. The number of nitrogens with zero attached hydrogens (tertiary/aromatic N) is 1. The topological polar surface area (TPSA) is 66.8 Å². The van der Waals surface area contributed by atoms with Crippen LogP contribution in [0.4, 0.5) is 13.2 Å². The van der Waals surface area contributed by atoms with E-state index in [0.29, 0.717) is 18.6 Å². The van der Waals surface area contributed by atoms with Crippen LogP contribution in [0.5, 0.6) is 5.75 Å². The number of rotatable bonds is 8. The molecule has 3 aromatic carbocycles. The molecule has 1 atom stereocenters. The number of halogens is 3. The summed E-state index contributed by atoms with van der Waals surface area (Å²) in [4.78, 5) is 25.8. The quantitative estimate of drug-likeness (QED) is 0.407. The molecule has 0 fully saturated rings. The highest BCUT2D eigenvalue weighted by molar-refractivity contribution is 5.96. The maximum atomic E-state index is 13.3. The number of hydrogen-bond acceptors (Lipinski definition) is 3. The smallest absolute Gasteiger partial charge is 0.416 e. The second-order valence-corrected chi connectivity index (χ2v) is 9.65. The molecule has 0 bridgehead atoms. The number of carbonyl (C=O) groups excluding carboxylic acids is 1. The number of carboxylic acids is 1. The highest BCUT2D eigenvalue weighted by Gasteiger charge is 2.36. The van der Waals surface area contributed by atoms with Crippen molar-refractivity contribution >= 4 is 11.9 Å². The molecule has 0 aromatic heterocycles. The van der Waals surface area contributed by atoms with E-state index in [9.17, 15) is 27.9 Å². The molecule has 0 aliphatic carbocycles. The molecule has 0 saturated heterocycles. The van der Waals surface area contributed by atoms with Crippen molar-refractivity contribution in [1.82, 2.24) is 4.90 Å². The first-order valence-electron chi connectivity index (χ1n) is 12.0. The number of aliphatic carboxylic acids is 1. The van der Waals surface area contributed by atoms with E-state index >= 15 is 0 Å². The first-order valence-corrected chi connectivity index (χ1v) is 12.0. The molecule has 3 aromatic rings. The SMILES string of the molecule is CCc1ccc(C[C@@]2(C)Cc3cc(C(=O)N(CC(=O)O)Cc4cccc(C(F)(F)F)c4)ccc3O2)cc1. The zero-order valence-corrected chi connectivity index (χ0v) is 20.6. The molecule has 0 saturated carbocycles. The molecule has 4 rings (SSSR count). The van der Waals surface area contributed by atoms with Gasteiger partial charge in [0, 0.05) is 24.9 Å². The Hall–Kier alpha value is -3.81. The summed E-state index contributed by atoms with van der Waals surface area (Å²) < 4.78 is 45.6. The van der Waals surface area contributed by atoms with Gasteiger partial charge < -0.3 is 14.7 Å². The third-order valence-electron chi connectivity index (χ3n) is 6.48. The predicted molar refractivity (Wildman–Crippen MR) is 133 cm³/mol. The molecule has 1 amide bonds. The van der Waals surface area contributed by atoms with Crippen LogP contribution in [-0.2, 0) is 36.8 Å². The van der Waals surface area contributed by atoms with Gasteiger partial charge in [-0.25, -0.2) is 0 Å². The Bertz CT molecular complexity index is 1300. The second-order valence-electron chi connectivity index (χ2n) is 9.65. The summed E-state index contributed by atoms with van der Waals surface area (Å²) in [5.74, 6) is -1.18. The zero-order valence-electron chi connectivity index (χ0n) is 20.6. The van der Waals surface area contributed by atoms with Crippen molar-refractivity contribution in [2.45, 2.75) is 51.4 Å². The fraction of sp³-hybridized carbons (Fsp3) is 0.310. The van der Waals surface area contributed by atoms with Gasteiger partial charge in [0.1, 0.15) is 17.9 Å². The minimum absolute atomic E-state index is 0.190. The van der Waals surface area contributed by atoms with Crippen molar-refractivity contribution in [3.8, 4) is 5.75 Å². The van der Waals surface area contributed by atoms with E-state index in [-0.39, 0.29) is 17.7 Å². The summed E-state index contributed by atoms with van der Waals surface area (Å²) in [5, 5.41) is 9.34. The van der Waals surface area contributed by atoms with Crippen LogP contribution in [0.2, 0.25) is 0 Å². The third-order valence-corrected chi connectivity index (χ3v) is 6.48. The largest absolute Gasteiger partial charge is 0.487 e. The maximum Gasteiger partial charge on any atom is 0.416 e. The van der Waals surface area contributed by atoms with E-state index in [1.165, 1.54) is 17.7 Å². The van der Waals surface area contributed by atoms with Gasteiger partial charge >= 0.3 is 12.1 Å². The average molecular weight is 512 g/mol. The van der Waals surface area contributed by atoms with E-state index in [4.69, 9.17) is 4.74 Å². The molecule has 1 heterocycles. The van der Waals surface area contributed by atoms with Crippen LogP contribution < -0.4 is 4.74 Å². The maximum absolute atomic E-state index is 13.3. The molecular weight excluding hydrogens is 483 g/mol. The summed E-state index contributed by atoms with van der Waals surface area (Å²) in [7, 11) is 0. The lowest BCUT2D eigenvalue weighted by atomic mass is 9.91. The van der Waals surface area contributed by atoms with Crippen molar-refractivity contribution in [2.24, 2.45) is 0 Å². The van der Waals surface area contributed by atoms with Gasteiger partial charge in [-0.1, -0.05) is 43.3 Å². The van der Waals surface area contributed by atoms with E-state index in [1.807, 2.05) is 6.92 Å². The standard InChI is InChI=1S/C29H28F3NO4/c1-3-19-7-9-20(10-8-19)15-28(2)16-23-14-22(11-12-25(23)37-28)27(36)33(18-26(34)35)17-21-5-4-6-24(13-21)29(30,31)32/h4-14H,3,15-18H2,1-2H3,(H,34,35)/t28-/m0/s1. The monoisotopic (exact) mass is 511 g/mol. The number of benzene rings is 3. The molecule has 0 unspecified atom stereocenters. The molecule has 0 radical (unpaired) electrons. The van der Waals surface area contributed by atoms with Crippen molar-refractivity contribution < 1.29 is 32.6 Å². The highest BCUT2D eigenvalue weighted by atomic mass is 19.4. The number of fused-ring (bicyclic) bond motifs is 1. The molecule has 37 heavy (non-hydrogen) atoms. The van der Waals surface area contributed by atoms with E-state index in [2.05, 4.69) is 31.2 Å². The number of amides is 1. The highest BCUT2D eigenvalue weighted by Crippen LogP contribution is 2.38. The number of hydrogen-bond donors (Lipinski definition) is 1. The summed E-state index contributed by atoms with van der Waals surface area (Å²) in [5.41, 5.74) is 2.30. The van der Waals surface area contributed by atoms with Gasteiger partial charge in [-0.2, -0.15) is 13.2 Å². The normalized spacial score (nSPS) is 16.7. The van der Waals surface area contributed by atoms with Gasteiger partial charge in [-0.05, 0) is 65.9 Å². The Morgan fingerprint density at radius 2 is 1.70 bits per heavy atom. The van der Waals surface area contributed by atoms with E-state index in [0.717, 1.165) is 34.6 Å². The van der Waals surface area contributed by atoms with Gasteiger partial charge in [-0.3, -0.25) is 9.59 Å². The van der Waals surface area contributed by atoms with Crippen molar-refractivity contribution in [3.05, 3.63) is 100 Å². The third kappa shape index (κ3) is 6.31. The molecule has 1 aliphatic heterocycles. The summed E-state index contributed by atoms with van der Waals surface area (Å²) in [6, 6.07) is 17.8. The van der Waals surface area contributed by atoms with Gasteiger partial charge in [-0.15, -0.1) is 0 Å². The Morgan fingerprint density at radius 3 is 2.35 bits per heavy atom. The molecule has 194 valence electrons. The minimum Gasteiger partial charge on any atom is -0.487 e. The fourth-order valence-corrected chi connectivity index (χ4v) is 4.69. The lowest BCUT2D eigenvalue weighted by Crippen LogP contribution is -2.35. The first-order chi connectivity index (χ1) is 17.5. The number of carboxylic acid groups (broad SMARTS) is 1. The Morgan fingerprint density at radius 1 is 1.00 bits per heavy atom.